The number of hydrogen-bond donors (Lipinski definition) is 1. The molecule has 2 aromatic carbocycles. The molecule has 1 unspecified atom stereocenters. The van der Waals surface area contributed by atoms with E-state index in [0.29, 0.717) is 23.5 Å². The predicted molar refractivity (Wildman–Crippen MR) is 152 cm³/mol. The van der Waals surface area contributed by atoms with Gasteiger partial charge in [0.1, 0.15) is 5.65 Å². The minimum atomic E-state index is -2.46. The van der Waals surface area contributed by atoms with Gasteiger partial charge in [-0.3, -0.25) is 9.35 Å². The number of hydrogen-bond acceptors (Lipinski definition) is 5. The van der Waals surface area contributed by atoms with E-state index in [1.807, 2.05) is 43.3 Å². The number of benzene rings is 2. The van der Waals surface area contributed by atoms with Crippen LogP contribution in [0.3, 0.4) is 0 Å². The van der Waals surface area contributed by atoms with Gasteiger partial charge in [0.25, 0.3) is 11.3 Å². The van der Waals surface area contributed by atoms with Crippen LogP contribution in [0, 0.1) is 12.8 Å². The Morgan fingerprint density at radius 3 is 2.46 bits per heavy atom. The molecule has 4 aromatic rings. The Bertz CT molecular complexity index is 1570. The molecule has 0 bridgehead atoms. The van der Waals surface area contributed by atoms with Crippen molar-refractivity contribution in [3.63, 3.8) is 0 Å². The van der Waals surface area contributed by atoms with Crippen LogP contribution in [-0.4, -0.2) is 36.8 Å². The van der Waals surface area contributed by atoms with Gasteiger partial charge in [-0.15, -0.1) is 0 Å². The van der Waals surface area contributed by atoms with Crippen LogP contribution in [0.15, 0.2) is 60.7 Å². The van der Waals surface area contributed by atoms with Crippen LogP contribution < -0.4 is 4.31 Å². The van der Waals surface area contributed by atoms with Crippen molar-refractivity contribution in [1.29, 1.82) is 0 Å². The van der Waals surface area contributed by atoms with Crippen LogP contribution in [-0.2, 0) is 33.8 Å². The van der Waals surface area contributed by atoms with E-state index in [2.05, 4.69) is 22.5 Å². The predicted octanol–water partition coefficient (Wildman–Crippen LogP) is 5.68. The van der Waals surface area contributed by atoms with Gasteiger partial charge < -0.3 is 9.30 Å². The fourth-order valence-corrected chi connectivity index (χ4v) is 5.48. The van der Waals surface area contributed by atoms with Gasteiger partial charge in [0.15, 0.2) is 5.69 Å². The lowest BCUT2D eigenvalue weighted by Gasteiger charge is -2.21. The normalized spacial score (nSPS) is 13.8. The Labute approximate surface area is 230 Å². The topological polar surface area (TPSA) is 102 Å². The lowest BCUT2D eigenvalue weighted by molar-refractivity contribution is -0.118. The third kappa shape index (κ3) is 5.37. The van der Waals surface area contributed by atoms with Gasteiger partial charge in [0.05, 0.1) is 12.3 Å². The molecule has 2 heterocycles. The number of carbonyl (C=O) groups excluding carboxylic acids is 2. The van der Waals surface area contributed by atoms with Crippen molar-refractivity contribution < 1.29 is 23.1 Å². The highest BCUT2D eigenvalue weighted by Crippen LogP contribution is 2.37. The maximum absolute atomic E-state index is 12.8. The standard InChI is InChI=1S/C30H31N3O5S/c1-4-23-17-25-19(3)16-26(30(35)38-5-2)31-28(25)32(23)18-20-10-12-21(13-11-20)24-8-6-7-9-27(24)33(39(36)37)29(34)22-14-15-22/h6-13,16-17,22H,4-5,14-15,18H2,1-3H3,(H,36,37). The summed E-state index contributed by atoms with van der Waals surface area (Å²) in [5.74, 6) is -0.951. The molecule has 1 aliphatic carbocycles. The molecule has 1 saturated carbocycles. The molecule has 0 spiro atoms. The van der Waals surface area contributed by atoms with Crippen molar-refractivity contribution in [3.8, 4) is 11.1 Å². The number of carbonyl (C=O) groups is 2. The van der Waals surface area contributed by atoms with Gasteiger partial charge in [-0.05, 0) is 68.0 Å². The van der Waals surface area contributed by atoms with Gasteiger partial charge in [-0.2, -0.15) is 0 Å². The zero-order valence-corrected chi connectivity index (χ0v) is 23.0. The number of ether oxygens (including phenoxy) is 1. The fraction of sp³-hybridized carbons (Fsp3) is 0.300. The molecule has 202 valence electrons. The number of aromatic nitrogens is 2. The van der Waals surface area contributed by atoms with Crippen molar-refractivity contribution >= 4 is 39.9 Å². The Balaban J connectivity index is 1.48. The molecule has 5 rings (SSSR count). The monoisotopic (exact) mass is 545 g/mol. The number of aryl methyl sites for hydroxylation is 2. The summed E-state index contributed by atoms with van der Waals surface area (Å²) in [7, 11) is 0. The van der Waals surface area contributed by atoms with Gasteiger partial charge in [0.2, 0.25) is 5.91 Å². The Hall–Kier alpha value is -3.82. The lowest BCUT2D eigenvalue weighted by atomic mass is 10.0. The summed E-state index contributed by atoms with van der Waals surface area (Å²) in [6.07, 6.45) is 2.29. The number of fused-ring (bicyclic) bond motifs is 1. The molecular formula is C30H31N3O5S. The van der Waals surface area contributed by atoms with Crippen LogP contribution in [0.1, 0.15) is 54.0 Å². The van der Waals surface area contributed by atoms with E-state index in [1.165, 1.54) is 0 Å². The van der Waals surface area contributed by atoms with E-state index in [9.17, 15) is 18.4 Å². The summed E-state index contributed by atoms with van der Waals surface area (Å²) in [5.41, 5.74) is 6.09. The summed E-state index contributed by atoms with van der Waals surface area (Å²) < 4.78 is 30.4. The summed E-state index contributed by atoms with van der Waals surface area (Å²) in [6, 6.07) is 19.0. The SMILES string of the molecule is CCOC(=O)c1cc(C)c2cc(CC)n(Cc3ccc(-c4ccccc4N(C(=O)C4CC4)S(=O)O)cc3)c2n1. The fourth-order valence-electron chi connectivity index (χ4n) is 4.85. The van der Waals surface area contributed by atoms with Crippen molar-refractivity contribution in [2.24, 2.45) is 5.92 Å². The van der Waals surface area contributed by atoms with Gasteiger partial charge in [0, 0.05) is 29.1 Å². The van der Waals surface area contributed by atoms with E-state index >= 15 is 0 Å². The highest BCUT2D eigenvalue weighted by atomic mass is 32.2. The van der Waals surface area contributed by atoms with Crippen molar-refractivity contribution in [1.82, 2.24) is 9.55 Å². The molecule has 39 heavy (non-hydrogen) atoms. The molecule has 0 aliphatic heterocycles. The maximum Gasteiger partial charge on any atom is 0.357 e. The second-order valence-electron chi connectivity index (χ2n) is 9.71. The molecule has 8 nitrogen and oxygen atoms in total. The Morgan fingerprint density at radius 2 is 1.82 bits per heavy atom. The first-order valence-electron chi connectivity index (χ1n) is 13.1. The first-order valence-corrected chi connectivity index (χ1v) is 14.2. The van der Waals surface area contributed by atoms with Gasteiger partial charge in [-0.25, -0.2) is 18.3 Å². The molecule has 1 fully saturated rings. The highest BCUT2D eigenvalue weighted by molar-refractivity contribution is 7.81. The molecule has 0 saturated heterocycles. The van der Waals surface area contributed by atoms with Crippen molar-refractivity contribution in [2.45, 2.75) is 46.6 Å². The average molecular weight is 546 g/mol. The maximum atomic E-state index is 12.8. The summed E-state index contributed by atoms with van der Waals surface area (Å²) >= 11 is -2.46. The molecule has 9 heteroatoms. The van der Waals surface area contributed by atoms with Crippen molar-refractivity contribution in [2.75, 3.05) is 10.9 Å². The van der Waals surface area contributed by atoms with E-state index in [-0.39, 0.29) is 18.4 Å². The van der Waals surface area contributed by atoms with Gasteiger partial charge >= 0.3 is 5.97 Å². The van der Waals surface area contributed by atoms with Crippen molar-refractivity contribution in [3.05, 3.63) is 83.2 Å². The average Bonchev–Trinajstić information content (AvgIpc) is 3.72. The smallest absolute Gasteiger partial charge is 0.357 e. The second kappa shape index (κ2) is 11.1. The Morgan fingerprint density at radius 1 is 1.10 bits per heavy atom. The molecule has 1 atom stereocenters. The molecule has 2 aromatic heterocycles. The first-order chi connectivity index (χ1) is 18.8. The number of amides is 1. The third-order valence-electron chi connectivity index (χ3n) is 7.02. The van der Waals surface area contributed by atoms with Crippen LogP contribution in [0.2, 0.25) is 0 Å². The van der Waals surface area contributed by atoms with E-state index in [1.54, 1.807) is 25.1 Å². The zero-order chi connectivity index (χ0) is 27.7. The van der Waals surface area contributed by atoms with Gasteiger partial charge in [-0.1, -0.05) is 49.4 Å². The van der Waals surface area contributed by atoms with E-state index in [4.69, 9.17) is 4.74 Å². The van der Waals surface area contributed by atoms with Crippen LogP contribution in [0.5, 0.6) is 0 Å². The third-order valence-corrected chi connectivity index (χ3v) is 7.71. The highest BCUT2D eigenvalue weighted by Gasteiger charge is 2.37. The Kier molecular flexibility index (Phi) is 7.63. The molecule has 1 N–H and O–H groups in total. The number of para-hydroxylation sites is 1. The number of anilines is 1. The minimum absolute atomic E-state index is 0.192. The van der Waals surface area contributed by atoms with E-state index in [0.717, 1.165) is 57.0 Å². The number of pyridine rings is 1. The quantitative estimate of drug-likeness (QED) is 0.215. The van der Waals surface area contributed by atoms with Crippen LogP contribution in [0.25, 0.3) is 22.2 Å². The second-order valence-corrected chi connectivity index (χ2v) is 10.5. The number of esters is 1. The molecule has 1 amide bonds. The molecule has 1 aliphatic rings. The van der Waals surface area contributed by atoms with Crippen LogP contribution in [0.4, 0.5) is 5.69 Å². The largest absolute Gasteiger partial charge is 0.461 e. The summed E-state index contributed by atoms with van der Waals surface area (Å²) in [6.45, 7) is 6.68. The lowest BCUT2D eigenvalue weighted by Crippen LogP contribution is -2.34. The summed E-state index contributed by atoms with van der Waals surface area (Å²) in [5, 5.41) is 1.00. The minimum Gasteiger partial charge on any atom is -0.461 e. The molecular weight excluding hydrogens is 514 g/mol. The zero-order valence-electron chi connectivity index (χ0n) is 22.2. The molecule has 0 radical (unpaired) electrons. The number of rotatable bonds is 9. The summed E-state index contributed by atoms with van der Waals surface area (Å²) in [4.78, 5) is 29.9. The number of nitrogens with zero attached hydrogens (tertiary/aromatic N) is 3. The van der Waals surface area contributed by atoms with Crippen LogP contribution >= 0.6 is 0 Å². The first kappa shape index (κ1) is 26.8. The van der Waals surface area contributed by atoms with E-state index < -0.39 is 17.2 Å².